The maximum absolute atomic E-state index is 12.7. The fourth-order valence-electron chi connectivity index (χ4n) is 3.95. The van der Waals surface area contributed by atoms with E-state index in [1.54, 1.807) is 16.9 Å². The van der Waals surface area contributed by atoms with Crippen molar-refractivity contribution < 1.29 is 13.9 Å². The van der Waals surface area contributed by atoms with Crippen molar-refractivity contribution >= 4 is 16.8 Å². The van der Waals surface area contributed by atoms with E-state index in [4.69, 9.17) is 9.15 Å². The highest BCUT2D eigenvalue weighted by Gasteiger charge is 2.31. The molecule has 4 aromatic rings. The second kappa shape index (κ2) is 8.12. The third-order valence-electron chi connectivity index (χ3n) is 5.50. The fraction of sp³-hybridized carbons (Fsp3) is 0.261. The molecule has 1 N–H and O–H groups in total. The van der Waals surface area contributed by atoms with Gasteiger partial charge in [-0.1, -0.05) is 18.2 Å². The number of amides is 1. The van der Waals surface area contributed by atoms with Crippen LogP contribution in [0.2, 0.25) is 0 Å². The lowest BCUT2D eigenvalue weighted by atomic mass is 9.93. The van der Waals surface area contributed by atoms with Crippen LogP contribution in [-0.2, 0) is 17.7 Å². The van der Waals surface area contributed by atoms with Gasteiger partial charge in [-0.3, -0.25) is 14.5 Å². The van der Waals surface area contributed by atoms with Crippen LogP contribution >= 0.6 is 0 Å². The molecule has 3 aromatic heterocycles. The number of carbonyl (C=O) groups is 1. The number of nitrogens with one attached hydrogen (secondary N) is 1. The van der Waals surface area contributed by atoms with E-state index in [9.17, 15) is 4.79 Å². The minimum atomic E-state index is -0.221. The molecule has 1 saturated heterocycles. The van der Waals surface area contributed by atoms with Gasteiger partial charge >= 0.3 is 0 Å². The van der Waals surface area contributed by atoms with Crippen molar-refractivity contribution in [1.82, 2.24) is 20.1 Å². The normalized spacial score (nSPS) is 18.7. The average molecular weight is 402 g/mol. The minimum Gasteiger partial charge on any atom is -0.454 e. The first-order valence-electron chi connectivity index (χ1n) is 10.0. The molecular weight excluding hydrogens is 380 g/mol. The molecule has 0 unspecified atom stereocenters. The molecule has 5 rings (SSSR count). The predicted molar refractivity (Wildman–Crippen MR) is 111 cm³/mol. The number of rotatable bonds is 6. The number of fused-ring (bicyclic) bond motifs is 1. The van der Waals surface area contributed by atoms with Crippen molar-refractivity contribution in [1.29, 1.82) is 0 Å². The number of nitrogens with zero attached hydrogens (tertiary/aromatic N) is 3. The Morgan fingerprint density at radius 1 is 1.10 bits per heavy atom. The SMILES string of the molecule is O=C(N[C@@H]1COC[C@H]1Cc1ccnc2ccccc12)c1ccc(Cn2cccn2)o1. The molecule has 30 heavy (non-hydrogen) atoms. The summed E-state index contributed by atoms with van der Waals surface area (Å²) in [5.41, 5.74) is 2.20. The molecule has 152 valence electrons. The molecule has 0 bridgehead atoms. The third kappa shape index (κ3) is 3.84. The van der Waals surface area contributed by atoms with E-state index in [2.05, 4.69) is 21.5 Å². The molecule has 1 aliphatic rings. The molecule has 2 atom stereocenters. The Bertz CT molecular complexity index is 1150. The van der Waals surface area contributed by atoms with Crippen LogP contribution in [0, 0.1) is 5.92 Å². The largest absolute Gasteiger partial charge is 0.454 e. The van der Waals surface area contributed by atoms with E-state index in [-0.39, 0.29) is 17.9 Å². The standard InChI is InChI=1S/C23H22N4O3/c28-23(22-7-6-18(30-22)13-27-11-3-9-25-27)26-21-15-29-14-17(21)12-16-8-10-24-20-5-2-1-4-19(16)20/h1-11,17,21H,12-15H2,(H,26,28)/t17-,21-/m1/s1. The Labute approximate surface area is 173 Å². The fourth-order valence-corrected chi connectivity index (χ4v) is 3.95. The quantitative estimate of drug-likeness (QED) is 0.536. The molecule has 0 radical (unpaired) electrons. The Morgan fingerprint density at radius 2 is 2.03 bits per heavy atom. The van der Waals surface area contributed by atoms with Gasteiger partial charge in [-0.15, -0.1) is 0 Å². The lowest BCUT2D eigenvalue weighted by Crippen LogP contribution is -2.40. The summed E-state index contributed by atoms with van der Waals surface area (Å²) in [5.74, 6) is 0.962. The number of furan rings is 1. The topological polar surface area (TPSA) is 82.2 Å². The van der Waals surface area contributed by atoms with Gasteiger partial charge < -0.3 is 14.5 Å². The molecule has 1 aromatic carbocycles. The summed E-state index contributed by atoms with van der Waals surface area (Å²) in [6.07, 6.45) is 6.22. The molecule has 0 aliphatic carbocycles. The van der Waals surface area contributed by atoms with Gasteiger partial charge in [-0.2, -0.15) is 5.10 Å². The molecular formula is C23H22N4O3. The van der Waals surface area contributed by atoms with Crippen LogP contribution in [0.25, 0.3) is 10.9 Å². The number of para-hydroxylation sites is 1. The van der Waals surface area contributed by atoms with E-state index in [0.29, 0.717) is 31.3 Å². The van der Waals surface area contributed by atoms with Gasteiger partial charge in [0.05, 0.1) is 31.3 Å². The van der Waals surface area contributed by atoms with Crippen LogP contribution in [-0.4, -0.2) is 39.9 Å². The van der Waals surface area contributed by atoms with Crippen molar-refractivity contribution in [2.45, 2.75) is 19.0 Å². The van der Waals surface area contributed by atoms with Crippen LogP contribution in [0.4, 0.5) is 0 Å². The highest BCUT2D eigenvalue weighted by atomic mass is 16.5. The van der Waals surface area contributed by atoms with Crippen LogP contribution in [0.3, 0.4) is 0 Å². The van der Waals surface area contributed by atoms with E-state index in [1.165, 1.54) is 5.56 Å². The number of benzene rings is 1. The number of hydrogen-bond donors (Lipinski definition) is 1. The smallest absolute Gasteiger partial charge is 0.287 e. The number of aromatic nitrogens is 3. The first-order chi connectivity index (χ1) is 14.8. The van der Waals surface area contributed by atoms with Crippen LogP contribution in [0.5, 0.6) is 0 Å². The zero-order valence-corrected chi connectivity index (χ0v) is 16.4. The first-order valence-corrected chi connectivity index (χ1v) is 10.0. The molecule has 0 spiro atoms. The Balaban J connectivity index is 1.26. The second-order valence-electron chi connectivity index (χ2n) is 7.54. The second-order valence-corrected chi connectivity index (χ2v) is 7.54. The van der Waals surface area contributed by atoms with Crippen LogP contribution < -0.4 is 5.32 Å². The Kier molecular flexibility index (Phi) is 5.03. The zero-order valence-electron chi connectivity index (χ0n) is 16.4. The van der Waals surface area contributed by atoms with Crippen molar-refractivity contribution in [3.05, 3.63) is 84.2 Å². The summed E-state index contributed by atoms with van der Waals surface area (Å²) in [6.45, 7) is 1.61. The van der Waals surface area contributed by atoms with Gasteiger partial charge in [-0.05, 0) is 42.3 Å². The Hall–Kier alpha value is -3.45. The summed E-state index contributed by atoms with van der Waals surface area (Å²) >= 11 is 0. The lowest BCUT2D eigenvalue weighted by molar-refractivity contribution is 0.0895. The van der Waals surface area contributed by atoms with Crippen LogP contribution in [0.1, 0.15) is 21.9 Å². The lowest BCUT2D eigenvalue weighted by Gasteiger charge is -2.19. The highest BCUT2D eigenvalue weighted by molar-refractivity contribution is 5.91. The number of ether oxygens (including phenoxy) is 1. The minimum absolute atomic E-state index is 0.0657. The van der Waals surface area contributed by atoms with Gasteiger partial charge in [-0.25, -0.2) is 0 Å². The maximum Gasteiger partial charge on any atom is 0.287 e. The molecule has 1 amide bonds. The molecule has 0 saturated carbocycles. The van der Waals surface area contributed by atoms with E-state index >= 15 is 0 Å². The maximum atomic E-state index is 12.7. The molecule has 1 aliphatic heterocycles. The highest BCUT2D eigenvalue weighted by Crippen LogP contribution is 2.24. The van der Waals surface area contributed by atoms with Gasteiger partial charge in [0, 0.05) is 29.9 Å². The van der Waals surface area contributed by atoms with Crippen molar-refractivity contribution in [3.8, 4) is 0 Å². The summed E-state index contributed by atoms with van der Waals surface area (Å²) in [6, 6.07) is 15.5. The number of hydrogen-bond acceptors (Lipinski definition) is 5. The monoisotopic (exact) mass is 402 g/mol. The summed E-state index contributed by atoms with van der Waals surface area (Å²) in [7, 11) is 0. The molecule has 4 heterocycles. The van der Waals surface area contributed by atoms with Gasteiger partial charge in [0.1, 0.15) is 5.76 Å². The summed E-state index contributed by atoms with van der Waals surface area (Å²) < 4.78 is 13.2. The number of pyridine rings is 1. The predicted octanol–water partition coefficient (Wildman–Crippen LogP) is 3.06. The van der Waals surface area contributed by atoms with Gasteiger partial charge in [0.15, 0.2) is 5.76 Å². The van der Waals surface area contributed by atoms with Crippen molar-refractivity contribution in [2.75, 3.05) is 13.2 Å². The Morgan fingerprint density at radius 3 is 2.93 bits per heavy atom. The van der Waals surface area contributed by atoms with E-state index < -0.39 is 0 Å². The summed E-state index contributed by atoms with van der Waals surface area (Å²) in [4.78, 5) is 17.2. The van der Waals surface area contributed by atoms with Gasteiger partial charge in [0.2, 0.25) is 0 Å². The molecule has 7 nitrogen and oxygen atoms in total. The third-order valence-corrected chi connectivity index (χ3v) is 5.50. The molecule has 1 fully saturated rings. The van der Waals surface area contributed by atoms with Crippen LogP contribution in [0.15, 0.2) is 71.5 Å². The van der Waals surface area contributed by atoms with Gasteiger partial charge in [0.25, 0.3) is 5.91 Å². The van der Waals surface area contributed by atoms with Crippen molar-refractivity contribution in [2.24, 2.45) is 5.92 Å². The first kappa shape index (κ1) is 18.6. The zero-order chi connectivity index (χ0) is 20.3. The van der Waals surface area contributed by atoms with E-state index in [1.807, 2.05) is 48.8 Å². The average Bonchev–Trinajstić information content (AvgIpc) is 3.52. The summed E-state index contributed by atoms with van der Waals surface area (Å²) in [5, 5.41) is 8.39. The van der Waals surface area contributed by atoms with Crippen molar-refractivity contribution in [3.63, 3.8) is 0 Å². The van der Waals surface area contributed by atoms with E-state index in [0.717, 1.165) is 17.3 Å². The number of carbonyl (C=O) groups excluding carboxylic acids is 1. The molecule has 7 heteroatoms.